The molecule has 1 atom stereocenters. The van der Waals surface area contributed by atoms with E-state index < -0.39 is 45.7 Å². The Kier molecular flexibility index (Phi) is 5.76. The van der Waals surface area contributed by atoms with Gasteiger partial charge in [-0.1, -0.05) is 26.0 Å². The third kappa shape index (κ3) is 4.40. The Morgan fingerprint density at radius 3 is 2.47 bits per heavy atom. The number of H-pyrrole nitrogens is 1. The predicted octanol–water partition coefficient (Wildman–Crippen LogP) is 4.85. The summed E-state index contributed by atoms with van der Waals surface area (Å²) in [6.45, 7) is 3.31. The highest BCUT2D eigenvalue weighted by Gasteiger charge is 2.56. The zero-order valence-electron chi connectivity index (χ0n) is 18.9. The van der Waals surface area contributed by atoms with Crippen LogP contribution >= 0.6 is 0 Å². The summed E-state index contributed by atoms with van der Waals surface area (Å²) in [5.74, 6) is -0.250. The molecule has 0 saturated carbocycles. The van der Waals surface area contributed by atoms with Crippen LogP contribution in [0.25, 0.3) is 10.9 Å². The number of alkyl halides is 3. The van der Waals surface area contributed by atoms with Crippen LogP contribution in [-0.4, -0.2) is 43.1 Å². The average Bonchev–Trinajstić information content (AvgIpc) is 3.32. The van der Waals surface area contributed by atoms with Crippen molar-refractivity contribution < 1.29 is 35.8 Å². The predicted molar refractivity (Wildman–Crippen MR) is 119 cm³/mol. The molecule has 0 fully saturated rings. The zero-order valence-corrected chi connectivity index (χ0v) is 19.7. The number of para-hydroxylation sites is 1. The molecule has 0 saturated heterocycles. The summed E-state index contributed by atoms with van der Waals surface area (Å²) >= 11 is 0. The molecule has 1 unspecified atom stereocenters. The SMILES string of the molecule is CC(C)(CC(O)(Cc1cc2cccc(F)c2[nH]1)C(F)(F)F)c1cc(S(C)(=O)=O)cc2c1OCC2. The Morgan fingerprint density at radius 2 is 1.85 bits per heavy atom. The Labute approximate surface area is 194 Å². The van der Waals surface area contributed by atoms with Crippen LogP contribution in [0.4, 0.5) is 17.6 Å². The molecule has 1 aromatic heterocycles. The van der Waals surface area contributed by atoms with Crippen LogP contribution in [0.1, 0.15) is 37.1 Å². The third-order valence-corrected chi connectivity index (χ3v) is 7.41. The van der Waals surface area contributed by atoms with Crippen LogP contribution < -0.4 is 4.74 Å². The first-order valence-corrected chi connectivity index (χ1v) is 12.6. The summed E-state index contributed by atoms with van der Waals surface area (Å²) < 4.78 is 86.8. The van der Waals surface area contributed by atoms with Crippen molar-refractivity contribution in [3.8, 4) is 5.75 Å². The molecule has 1 aliphatic rings. The topological polar surface area (TPSA) is 79.4 Å². The van der Waals surface area contributed by atoms with Gasteiger partial charge in [0.05, 0.1) is 17.0 Å². The van der Waals surface area contributed by atoms with E-state index in [1.54, 1.807) is 6.07 Å². The molecule has 2 aromatic carbocycles. The number of hydrogen-bond acceptors (Lipinski definition) is 4. The lowest BCUT2D eigenvalue weighted by molar-refractivity contribution is -0.266. The van der Waals surface area contributed by atoms with Crippen molar-refractivity contribution in [1.29, 1.82) is 0 Å². The van der Waals surface area contributed by atoms with Gasteiger partial charge in [0.15, 0.2) is 15.4 Å². The van der Waals surface area contributed by atoms with Crippen molar-refractivity contribution in [2.45, 2.75) is 55.2 Å². The van der Waals surface area contributed by atoms with Crippen LogP contribution in [0.5, 0.6) is 5.75 Å². The summed E-state index contributed by atoms with van der Waals surface area (Å²) in [5, 5.41) is 11.4. The number of benzene rings is 2. The lowest BCUT2D eigenvalue weighted by Crippen LogP contribution is -2.51. The molecule has 3 aromatic rings. The lowest BCUT2D eigenvalue weighted by atomic mass is 9.73. The maximum absolute atomic E-state index is 14.2. The van der Waals surface area contributed by atoms with Gasteiger partial charge in [0.1, 0.15) is 11.6 Å². The number of aromatic amines is 1. The van der Waals surface area contributed by atoms with Gasteiger partial charge in [-0.05, 0) is 41.7 Å². The smallest absolute Gasteiger partial charge is 0.417 e. The molecule has 2 N–H and O–H groups in total. The molecule has 2 heterocycles. The maximum Gasteiger partial charge on any atom is 0.417 e. The van der Waals surface area contributed by atoms with Crippen molar-refractivity contribution in [1.82, 2.24) is 4.98 Å². The van der Waals surface area contributed by atoms with Crippen molar-refractivity contribution in [2.75, 3.05) is 12.9 Å². The Hall–Kier alpha value is -2.59. The minimum atomic E-state index is -5.02. The van der Waals surface area contributed by atoms with Crippen LogP contribution in [0.3, 0.4) is 0 Å². The highest BCUT2D eigenvalue weighted by atomic mass is 32.2. The van der Waals surface area contributed by atoms with Crippen LogP contribution in [0, 0.1) is 5.82 Å². The minimum Gasteiger partial charge on any atom is -0.493 e. The van der Waals surface area contributed by atoms with Gasteiger partial charge in [0, 0.05) is 35.7 Å². The number of aliphatic hydroxyl groups is 1. The van der Waals surface area contributed by atoms with Gasteiger partial charge >= 0.3 is 6.18 Å². The van der Waals surface area contributed by atoms with E-state index in [4.69, 9.17) is 4.74 Å². The fourth-order valence-electron chi connectivity index (χ4n) is 4.67. The number of ether oxygens (including phenoxy) is 1. The first-order valence-electron chi connectivity index (χ1n) is 10.7. The molecule has 0 bridgehead atoms. The van der Waals surface area contributed by atoms with Crippen molar-refractivity contribution >= 4 is 20.7 Å². The molecule has 34 heavy (non-hydrogen) atoms. The van der Waals surface area contributed by atoms with E-state index in [1.165, 1.54) is 44.2 Å². The number of hydrogen-bond donors (Lipinski definition) is 2. The second-order valence-corrected chi connectivity index (χ2v) is 11.6. The Bertz CT molecular complexity index is 1360. The van der Waals surface area contributed by atoms with Crippen molar-refractivity contribution in [3.63, 3.8) is 0 Å². The molecular formula is C24H25F4NO4S. The van der Waals surface area contributed by atoms with Crippen LogP contribution in [0.15, 0.2) is 41.3 Å². The second-order valence-electron chi connectivity index (χ2n) is 9.60. The van der Waals surface area contributed by atoms with Gasteiger partial charge in [-0.3, -0.25) is 0 Å². The summed E-state index contributed by atoms with van der Waals surface area (Å²) in [5.41, 5.74) is -3.52. The molecule has 0 spiro atoms. The van der Waals surface area contributed by atoms with E-state index in [9.17, 15) is 31.1 Å². The molecule has 4 rings (SSSR count). The summed E-state index contributed by atoms with van der Waals surface area (Å²) in [6.07, 6.45) is -5.15. The van der Waals surface area contributed by atoms with Gasteiger partial charge in [-0.15, -0.1) is 0 Å². The normalized spacial score (nSPS) is 16.4. The highest BCUT2D eigenvalue weighted by molar-refractivity contribution is 7.90. The quantitative estimate of drug-likeness (QED) is 0.476. The molecule has 1 aliphatic heterocycles. The monoisotopic (exact) mass is 499 g/mol. The van der Waals surface area contributed by atoms with Gasteiger partial charge in [-0.25, -0.2) is 12.8 Å². The number of aromatic nitrogens is 1. The lowest BCUT2D eigenvalue weighted by Gasteiger charge is -2.38. The largest absolute Gasteiger partial charge is 0.493 e. The van der Waals surface area contributed by atoms with E-state index in [0.717, 1.165) is 6.26 Å². The van der Waals surface area contributed by atoms with E-state index in [-0.39, 0.29) is 28.3 Å². The van der Waals surface area contributed by atoms with Crippen LogP contribution in [0.2, 0.25) is 0 Å². The van der Waals surface area contributed by atoms with E-state index >= 15 is 0 Å². The van der Waals surface area contributed by atoms with Crippen molar-refractivity contribution in [2.24, 2.45) is 0 Å². The summed E-state index contributed by atoms with van der Waals surface area (Å²) in [4.78, 5) is 2.64. The molecule has 0 amide bonds. The third-order valence-electron chi connectivity index (χ3n) is 6.32. The first-order chi connectivity index (χ1) is 15.6. The number of halogens is 4. The molecular weight excluding hydrogens is 474 g/mol. The van der Waals surface area contributed by atoms with Crippen LogP contribution in [-0.2, 0) is 28.1 Å². The fraction of sp³-hybridized carbons (Fsp3) is 0.417. The summed E-state index contributed by atoms with van der Waals surface area (Å²) in [6, 6.07) is 8.39. The minimum absolute atomic E-state index is 0.0125. The Balaban J connectivity index is 1.76. The molecule has 5 nitrogen and oxygen atoms in total. The molecule has 0 radical (unpaired) electrons. The number of fused-ring (bicyclic) bond motifs is 2. The van der Waals surface area contributed by atoms with Gasteiger partial charge < -0.3 is 14.8 Å². The first kappa shape index (κ1) is 24.5. The molecule has 0 aliphatic carbocycles. The Morgan fingerprint density at radius 1 is 1.15 bits per heavy atom. The molecule has 184 valence electrons. The highest BCUT2D eigenvalue weighted by Crippen LogP contribution is 2.47. The standard InChI is InChI=1S/C24H25F4NO4S/c1-22(2,18-11-17(34(3,31)32)10-15-7-8-33-21(15)18)13-23(30,24(26,27)28)12-16-9-14-5-4-6-19(25)20(14)29-16/h4-6,9-11,29-30H,7-8,12-13H2,1-3H3. The second kappa shape index (κ2) is 7.98. The summed E-state index contributed by atoms with van der Waals surface area (Å²) in [7, 11) is -3.63. The van der Waals surface area contributed by atoms with Gasteiger partial charge in [0.25, 0.3) is 0 Å². The van der Waals surface area contributed by atoms with E-state index in [2.05, 4.69) is 4.98 Å². The number of rotatable bonds is 6. The average molecular weight is 500 g/mol. The van der Waals surface area contributed by atoms with E-state index in [0.29, 0.717) is 23.1 Å². The maximum atomic E-state index is 14.2. The zero-order chi connectivity index (χ0) is 25.1. The van der Waals surface area contributed by atoms with Crippen molar-refractivity contribution in [3.05, 3.63) is 59.0 Å². The number of nitrogens with one attached hydrogen (secondary N) is 1. The molecule has 10 heteroatoms. The fourth-order valence-corrected chi connectivity index (χ4v) is 5.36. The van der Waals surface area contributed by atoms with E-state index in [1.807, 2.05) is 0 Å². The van der Waals surface area contributed by atoms with Gasteiger partial charge in [-0.2, -0.15) is 13.2 Å². The number of sulfone groups is 1. The van der Waals surface area contributed by atoms with Gasteiger partial charge in [0.2, 0.25) is 0 Å².